The summed E-state index contributed by atoms with van der Waals surface area (Å²) in [6.07, 6.45) is 0. The molecule has 0 atom stereocenters. The monoisotopic (exact) mass is 240 g/mol. The van der Waals surface area contributed by atoms with Crippen LogP contribution in [0.1, 0.15) is 0 Å². The molecule has 0 saturated carbocycles. The topological polar surface area (TPSA) is 92.5 Å². The van der Waals surface area contributed by atoms with Gasteiger partial charge in [0.15, 0.2) is 0 Å². The Bertz CT molecular complexity index is 714. The lowest BCUT2D eigenvalue weighted by Crippen LogP contribution is -1.91. The molecule has 90 valence electrons. The Morgan fingerprint density at radius 1 is 0.667 bits per heavy atom. The zero-order valence-corrected chi connectivity index (χ0v) is 9.51. The summed E-state index contributed by atoms with van der Waals surface area (Å²) in [6.45, 7) is 0. The predicted molar refractivity (Wildman–Crippen MR) is 73.6 cm³/mol. The Morgan fingerprint density at radius 2 is 1.06 bits per heavy atom. The number of nitrogens with two attached hydrogens (primary N) is 2. The second-order valence-electron chi connectivity index (χ2n) is 4.29. The van der Waals surface area contributed by atoms with E-state index >= 15 is 0 Å². The van der Waals surface area contributed by atoms with Gasteiger partial charge in [-0.25, -0.2) is 0 Å². The largest absolute Gasteiger partial charge is 0.506 e. The van der Waals surface area contributed by atoms with Gasteiger partial charge in [-0.2, -0.15) is 0 Å². The Hall–Kier alpha value is -2.62. The quantitative estimate of drug-likeness (QED) is 0.276. The molecule has 0 aliphatic heterocycles. The van der Waals surface area contributed by atoms with Crippen LogP contribution >= 0.6 is 0 Å². The third kappa shape index (κ3) is 1.32. The van der Waals surface area contributed by atoms with Crippen LogP contribution in [0.2, 0.25) is 0 Å². The lowest BCUT2D eigenvalue weighted by atomic mass is 10.0. The number of anilines is 2. The number of phenolic OH excluding ortho intramolecular Hbond substituents is 2. The van der Waals surface area contributed by atoms with Crippen molar-refractivity contribution in [3.63, 3.8) is 0 Å². The summed E-state index contributed by atoms with van der Waals surface area (Å²) in [5.41, 5.74) is 12.4. The van der Waals surface area contributed by atoms with Crippen LogP contribution < -0.4 is 11.5 Å². The highest BCUT2D eigenvalue weighted by molar-refractivity contribution is 6.08. The molecule has 3 rings (SSSR count). The fourth-order valence-corrected chi connectivity index (χ4v) is 2.17. The highest BCUT2D eigenvalue weighted by Gasteiger charge is 2.08. The van der Waals surface area contributed by atoms with E-state index < -0.39 is 0 Å². The SMILES string of the molecule is Nc1c(O)ccc2cc3c(N)c(O)ccc3cc12. The van der Waals surface area contributed by atoms with Crippen molar-refractivity contribution in [1.82, 2.24) is 0 Å². The highest BCUT2D eigenvalue weighted by Crippen LogP contribution is 2.36. The molecular formula is C14H12N2O2. The number of fused-ring (bicyclic) bond motifs is 2. The lowest BCUT2D eigenvalue weighted by molar-refractivity contribution is 0.478. The van der Waals surface area contributed by atoms with Crippen molar-refractivity contribution >= 4 is 32.9 Å². The standard InChI is InChI=1S/C14H12N2O2/c15-13-9-6-8-2-4-12(18)14(16)10(8)5-7(9)1-3-11(13)17/h1-6,17-18H,15-16H2. The van der Waals surface area contributed by atoms with Crippen LogP contribution in [0.3, 0.4) is 0 Å². The number of rotatable bonds is 0. The Labute approximate surface area is 103 Å². The van der Waals surface area contributed by atoms with Crippen LogP contribution in [-0.4, -0.2) is 10.2 Å². The minimum absolute atomic E-state index is 0.0635. The molecular weight excluding hydrogens is 228 g/mol. The molecule has 4 nitrogen and oxygen atoms in total. The van der Waals surface area contributed by atoms with Gasteiger partial charge in [0.05, 0.1) is 11.4 Å². The van der Waals surface area contributed by atoms with E-state index in [1.807, 2.05) is 12.1 Å². The molecule has 0 fully saturated rings. The fraction of sp³-hybridized carbons (Fsp3) is 0. The molecule has 18 heavy (non-hydrogen) atoms. The van der Waals surface area contributed by atoms with Gasteiger partial charge in [-0.15, -0.1) is 0 Å². The molecule has 0 amide bonds. The second kappa shape index (κ2) is 3.43. The van der Waals surface area contributed by atoms with Crippen LogP contribution in [0.4, 0.5) is 11.4 Å². The van der Waals surface area contributed by atoms with Gasteiger partial charge in [-0.1, -0.05) is 12.1 Å². The number of nitrogen functional groups attached to an aromatic ring is 2. The van der Waals surface area contributed by atoms with Crippen molar-refractivity contribution in [2.75, 3.05) is 11.5 Å². The maximum atomic E-state index is 9.60. The van der Waals surface area contributed by atoms with Gasteiger partial charge in [-0.3, -0.25) is 0 Å². The maximum Gasteiger partial charge on any atom is 0.139 e. The normalized spacial score (nSPS) is 11.1. The molecule has 0 radical (unpaired) electrons. The van der Waals surface area contributed by atoms with Crippen molar-refractivity contribution in [2.45, 2.75) is 0 Å². The van der Waals surface area contributed by atoms with Gasteiger partial charge in [0, 0.05) is 10.8 Å². The summed E-state index contributed by atoms with van der Waals surface area (Å²) < 4.78 is 0. The molecule has 0 bridgehead atoms. The average molecular weight is 240 g/mol. The fourth-order valence-electron chi connectivity index (χ4n) is 2.17. The third-order valence-electron chi connectivity index (χ3n) is 3.20. The highest BCUT2D eigenvalue weighted by atomic mass is 16.3. The van der Waals surface area contributed by atoms with Gasteiger partial charge in [0.2, 0.25) is 0 Å². The van der Waals surface area contributed by atoms with E-state index in [1.54, 1.807) is 24.3 Å². The number of phenols is 2. The first-order chi connectivity index (χ1) is 8.58. The molecule has 0 aliphatic carbocycles. The smallest absolute Gasteiger partial charge is 0.139 e. The first-order valence-corrected chi connectivity index (χ1v) is 5.50. The van der Waals surface area contributed by atoms with E-state index in [0.717, 1.165) is 21.5 Å². The molecule has 4 heteroatoms. The molecule has 0 saturated heterocycles. The molecule has 0 aromatic heterocycles. The van der Waals surface area contributed by atoms with Crippen LogP contribution in [0.5, 0.6) is 11.5 Å². The Morgan fingerprint density at radius 3 is 1.44 bits per heavy atom. The summed E-state index contributed by atoms with van der Waals surface area (Å²) in [4.78, 5) is 0. The Kier molecular flexibility index (Phi) is 2.01. The summed E-state index contributed by atoms with van der Waals surface area (Å²) in [5.74, 6) is 0.127. The second-order valence-corrected chi connectivity index (χ2v) is 4.29. The average Bonchev–Trinajstić information content (AvgIpc) is 2.38. The predicted octanol–water partition coefficient (Wildman–Crippen LogP) is 2.57. The van der Waals surface area contributed by atoms with Crippen molar-refractivity contribution < 1.29 is 10.2 Å². The minimum atomic E-state index is 0.0635. The minimum Gasteiger partial charge on any atom is -0.506 e. The third-order valence-corrected chi connectivity index (χ3v) is 3.20. The van der Waals surface area contributed by atoms with E-state index in [0.29, 0.717) is 11.4 Å². The van der Waals surface area contributed by atoms with Crippen molar-refractivity contribution in [2.24, 2.45) is 0 Å². The van der Waals surface area contributed by atoms with Crippen molar-refractivity contribution in [3.8, 4) is 11.5 Å². The lowest BCUT2D eigenvalue weighted by Gasteiger charge is -2.09. The van der Waals surface area contributed by atoms with Crippen LogP contribution in [-0.2, 0) is 0 Å². The number of aromatic hydroxyl groups is 2. The van der Waals surface area contributed by atoms with Crippen LogP contribution in [0.15, 0.2) is 36.4 Å². The van der Waals surface area contributed by atoms with Gasteiger partial charge in [0.25, 0.3) is 0 Å². The summed E-state index contributed by atoms with van der Waals surface area (Å²) in [7, 11) is 0. The Balaban J connectivity index is 2.51. The molecule has 0 heterocycles. The summed E-state index contributed by atoms with van der Waals surface area (Å²) >= 11 is 0. The molecule has 3 aromatic rings. The number of hydrogen-bond donors (Lipinski definition) is 4. The molecule has 3 aromatic carbocycles. The van der Waals surface area contributed by atoms with E-state index in [-0.39, 0.29) is 11.5 Å². The van der Waals surface area contributed by atoms with E-state index in [9.17, 15) is 10.2 Å². The van der Waals surface area contributed by atoms with Gasteiger partial charge >= 0.3 is 0 Å². The molecule has 6 N–H and O–H groups in total. The van der Waals surface area contributed by atoms with Crippen LogP contribution in [0, 0.1) is 0 Å². The van der Waals surface area contributed by atoms with Crippen molar-refractivity contribution in [3.05, 3.63) is 36.4 Å². The van der Waals surface area contributed by atoms with E-state index in [2.05, 4.69) is 0 Å². The van der Waals surface area contributed by atoms with E-state index in [1.165, 1.54) is 0 Å². The molecule has 0 aliphatic rings. The zero-order chi connectivity index (χ0) is 12.9. The maximum absolute atomic E-state index is 9.60. The van der Waals surface area contributed by atoms with Crippen LogP contribution in [0.25, 0.3) is 21.5 Å². The zero-order valence-electron chi connectivity index (χ0n) is 9.51. The number of hydrogen-bond acceptors (Lipinski definition) is 4. The van der Waals surface area contributed by atoms with Crippen molar-refractivity contribution in [1.29, 1.82) is 0 Å². The number of benzene rings is 3. The van der Waals surface area contributed by atoms with E-state index in [4.69, 9.17) is 11.5 Å². The van der Waals surface area contributed by atoms with Gasteiger partial charge in [0.1, 0.15) is 11.5 Å². The van der Waals surface area contributed by atoms with Gasteiger partial charge < -0.3 is 21.7 Å². The first kappa shape index (κ1) is 10.5. The molecule has 0 spiro atoms. The van der Waals surface area contributed by atoms with Gasteiger partial charge in [-0.05, 0) is 35.0 Å². The summed E-state index contributed by atoms with van der Waals surface area (Å²) in [5, 5.41) is 22.5. The first-order valence-electron chi connectivity index (χ1n) is 5.50. The summed E-state index contributed by atoms with van der Waals surface area (Å²) in [6, 6.07) is 10.3. The molecule has 0 unspecified atom stereocenters.